The molecule has 0 atom stereocenters. The lowest BCUT2D eigenvalue weighted by Crippen LogP contribution is -2.48. The van der Waals surface area contributed by atoms with Gasteiger partial charge >= 0.3 is 0 Å². The third-order valence-corrected chi connectivity index (χ3v) is 6.87. The molecule has 4 rings (SSSR count). The number of para-hydroxylation sites is 1. The molecule has 0 aliphatic carbocycles. The third kappa shape index (κ3) is 6.04. The lowest BCUT2D eigenvalue weighted by atomic mass is 10.1. The number of methoxy groups -OCH3 is 1. The van der Waals surface area contributed by atoms with E-state index in [0.717, 1.165) is 29.4 Å². The van der Waals surface area contributed by atoms with Gasteiger partial charge in [0.05, 0.1) is 18.4 Å². The monoisotopic (exact) mass is 495 g/mol. The van der Waals surface area contributed by atoms with Crippen LogP contribution in [0, 0.1) is 0 Å². The number of hydrogen-bond donors (Lipinski definition) is 1. The fraction of sp³-hybridized carbons (Fsp3) is 0.231. The number of rotatable bonds is 7. The van der Waals surface area contributed by atoms with Gasteiger partial charge in [0.25, 0.3) is 5.91 Å². The van der Waals surface area contributed by atoms with Gasteiger partial charge in [0.2, 0.25) is 5.91 Å². The summed E-state index contributed by atoms with van der Waals surface area (Å²) >= 11 is 7.36. The molecular formula is C26H26ClN3O3S. The molecule has 176 valence electrons. The van der Waals surface area contributed by atoms with Gasteiger partial charge in [0.1, 0.15) is 5.75 Å². The minimum Gasteiger partial charge on any atom is -0.496 e. The molecule has 0 aromatic heterocycles. The number of anilines is 2. The molecule has 6 nitrogen and oxygen atoms in total. The number of benzene rings is 3. The maximum Gasteiger partial charge on any atom is 0.257 e. The molecule has 3 aromatic carbocycles. The number of nitrogens with one attached hydrogen (secondary N) is 1. The second-order valence-electron chi connectivity index (χ2n) is 7.82. The highest BCUT2D eigenvalue weighted by molar-refractivity contribution is 8.00. The van der Waals surface area contributed by atoms with E-state index in [9.17, 15) is 9.59 Å². The number of piperazine rings is 1. The van der Waals surface area contributed by atoms with Gasteiger partial charge in [-0.1, -0.05) is 23.7 Å². The standard InChI is InChI=1S/C26H26ClN3O3S/c1-33-24-5-3-2-4-23(24)26(32)30-16-14-29(15-17-30)21-10-8-20(9-11-21)28-25(31)18-34-22-12-6-19(27)7-13-22/h2-13H,14-18H2,1H3,(H,28,31). The van der Waals surface area contributed by atoms with Crippen LogP contribution in [0.25, 0.3) is 0 Å². The third-order valence-electron chi connectivity index (χ3n) is 5.60. The second-order valence-corrected chi connectivity index (χ2v) is 9.30. The van der Waals surface area contributed by atoms with Crippen LogP contribution < -0.4 is 15.0 Å². The minimum absolute atomic E-state index is 0.00775. The van der Waals surface area contributed by atoms with Crippen molar-refractivity contribution in [2.45, 2.75) is 4.90 Å². The molecule has 1 aliphatic heterocycles. The van der Waals surface area contributed by atoms with Crippen LogP contribution in [0.15, 0.2) is 77.7 Å². The molecule has 2 amide bonds. The maximum absolute atomic E-state index is 12.9. The van der Waals surface area contributed by atoms with Gasteiger partial charge in [-0.05, 0) is 60.7 Å². The van der Waals surface area contributed by atoms with Crippen molar-refractivity contribution in [3.05, 3.63) is 83.4 Å². The van der Waals surface area contributed by atoms with E-state index in [1.165, 1.54) is 11.8 Å². The number of carbonyl (C=O) groups is 2. The highest BCUT2D eigenvalue weighted by Gasteiger charge is 2.24. The first-order valence-electron chi connectivity index (χ1n) is 11.0. The predicted molar refractivity (Wildman–Crippen MR) is 138 cm³/mol. The van der Waals surface area contributed by atoms with Crippen LogP contribution in [0.5, 0.6) is 5.75 Å². The van der Waals surface area contributed by atoms with E-state index in [0.29, 0.717) is 35.2 Å². The highest BCUT2D eigenvalue weighted by Crippen LogP contribution is 2.24. The van der Waals surface area contributed by atoms with Crippen LogP contribution in [0.4, 0.5) is 11.4 Å². The van der Waals surface area contributed by atoms with E-state index in [1.54, 1.807) is 19.2 Å². The largest absolute Gasteiger partial charge is 0.496 e. The van der Waals surface area contributed by atoms with Crippen molar-refractivity contribution in [2.75, 3.05) is 49.3 Å². The molecule has 1 fully saturated rings. The Kier molecular flexibility index (Phi) is 7.98. The first kappa shape index (κ1) is 24.0. The summed E-state index contributed by atoms with van der Waals surface area (Å²) in [5, 5.41) is 3.61. The number of thioether (sulfide) groups is 1. The summed E-state index contributed by atoms with van der Waals surface area (Å²) in [5.41, 5.74) is 2.42. The molecule has 0 saturated carbocycles. The fourth-order valence-electron chi connectivity index (χ4n) is 3.79. The van der Waals surface area contributed by atoms with Crippen LogP contribution in [-0.2, 0) is 4.79 Å². The average Bonchev–Trinajstić information content (AvgIpc) is 2.88. The summed E-state index contributed by atoms with van der Waals surface area (Å²) < 4.78 is 5.33. The van der Waals surface area contributed by atoms with E-state index in [-0.39, 0.29) is 11.8 Å². The van der Waals surface area contributed by atoms with Gasteiger partial charge < -0.3 is 19.9 Å². The lowest BCUT2D eigenvalue weighted by Gasteiger charge is -2.36. The van der Waals surface area contributed by atoms with Gasteiger partial charge in [-0.2, -0.15) is 0 Å². The molecule has 1 heterocycles. The Morgan fingerprint density at radius 3 is 2.29 bits per heavy atom. The number of ether oxygens (including phenoxy) is 1. The Hall–Kier alpha value is -3.16. The van der Waals surface area contributed by atoms with E-state index < -0.39 is 0 Å². The summed E-state index contributed by atoms with van der Waals surface area (Å²) in [6.07, 6.45) is 0. The van der Waals surface area contributed by atoms with E-state index in [2.05, 4.69) is 10.2 Å². The Morgan fingerprint density at radius 1 is 0.941 bits per heavy atom. The first-order chi connectivity index (χ1) is 16.5. The second kappa shape index (κ2) is 11.3. The topological polar surface area (TPSA) is 61.9 Å². The SMILES string of the molecule is COc1ccccc1C(=O)N1CCN(c2ccc(NC(=O)CSc3ccc(Cl)cc3)cc2)CC1. The summed E-state index contributed by atoms with van der Waals surface area (Å²) in [7, 11) is 1.58. The van der Waals surface area contributed by atoms with Crippen molar-refractivity contribution in [2.24, 2.45) is 0 Å². The van der Waals surface area contributed by atoms with Gasteiger partial charge in [0, 0.05) is 47.5 Å². The van der Waals surface area contributed by atoms with Gasteiger partial charge in [0.15, 0.2) is 0 Å². The maximum atomic E-state index is 12.9. The van der Waals surface area contributed by atoms with E-state index in [1.807, 2.05) is 65.6 Å². The zero-order valence-electron chi connectivity index (χ0n) is 18.9. The van der Waals surface area contributed by atoms with Crippen molar-refractivity contribution >= 4 is 46.6 Å². The molecule has 0 unspecified atom stereocenters. The normalized spacial score (nSPS) is 13.5. The van der Waals surface area contributed by atoms with Crippen LogP contribution in [0.1, 0.15) is 10.4 Å². The summed E-state index contributed by atoms with van der Waals surface area (Å²) in [5.74, 6) is 0.855. The minimum atomic E-state index is -0.0591. The number of halogens is 1. The lowest BCUT2D eigenvalue weighted by molar-refractivity contribution is -0.113. The molecule has 8 heteroatoms. The molecule has 0 radical (unpaired) electrons. The van der Waals surface area contributed by atoms with Crippen LogP contribution in [-0.4, -0.2) is 55.8 Å². The zero-order chi connectivity index (χ0) is 23.9. The molecule has 0 spiro atoms. The Balaban J connectivity index is 1.27. The Labute approximate surface area is 208 Å². The molecule has 1 aliphatic rings. The Morgan fingerprint density at radius 2 is 1.62 bits per heavy atom. The average molecular weight is 496 g/mol. The van der Waals surface area contributed by atoms with Crippen LogP contribution in [0.3, 0.4) is 0 Å². The van der Waals surface area contributed by atoms with Crippen molar-refractivity contribution in [3.63, 3.8) is 0 Å². The quantitative estimate of drug-likeness (QED) is 0.465. The van der Waals surface area contributed by atoms with Crippen molar-refractivity contribution in [1.82, 2.24) is 4.90 Å². The zero-order valence-corrected chi connectivity index (χ0v) is 20.4. The smallest absolute Gasteiger partial charge is 0.257 e. The molecular weight excluding hydrogens is 470 g/mol. The van der Waals surface area contributed by atoms with Crippen molar-refractivity contribution in [3.8, 4) is 5.75 Å². The molecule has 1 N–H and O–H groups in total. The number of nitrogens with zero attached hydrogens (tertiary/aromatic N) is 2. The number of amides is 2. The summed E-state index contributed by atoms with van der Waals surface area (Å²) in [4.78, 5) is 30.3. The molecule has 1 saturated heterocycles. The predicted octanol–water partition coefficient (Wildman–Crippen LogP) is 5.04. The fourth-order valence-corrected chi connectivity index (χ4v) is 4.62. The first-order valence-corrected chi connectivity index (χ1v) is 12.4. The van der Waals surface area contributed by atoms with Gasteiger partial charge in [-0.25, -0.2) is 0 Å². The molecule has 3 aromatic rings. The van der Waals surface area contributed by atoms with Crippen LogP contribution >= 0.6 is 23.4 Å². The number of hydrogen-bond acceptors (Lipinski definition) is 5. The van der Waals surface area contributed by atoms with E-state index in [4.69, 9.17) is 16.3 Å². The Bertz CT molecular complexity index is 1130. The van der Waals surface area contributed by atoms with Gasteiger partial charge in [-0.3, -0.25) is 9.59 Å². The summed E-state index contributed by atoms with van der Waals surface area (Å²) in [6, 6.07) is 22.6. The number of carbonyl (C=O) groups excluding carboxylic acids is 2. The highest BCUT2D eigenvalue weighted by atomic mass is 35.5. The van der Waals surface area contributed by atoms with Gasteiger partial charge in [-0.15, -0.1) is 11.8 Å². The van der Waals surface area contributed by atoms with Crippen LogP contribution in [0.2, 0.25) is 5.02 Å². The van der Waals surface area contributed by atoms with Crippen molar-refractivity contribution in [1.29, 1.82) is 0 Å². The van der Waals surface area contributed by atoms with E-state index >= 15 is 0 Å². The molecule has 0 bridgehead atoms. The summed E-state index contributed by atoms with van der Waals surface area (Å²) in [6.45, 7) is 2.75. The molecule has 34 heavy (non-hydrogen) atoms. The van der Waals surface area contributed by atoms with Crippen molar-refractivity contribution < 1.29 is 14.3 Å².